The van der Waals surface area contributed by atoms with Gasteiger partial charge in [-0.25, -0.2) is 0 Å². The summed E-state index contributed by atoms with van der Waals surface area (Å²) < 4.78 is 0. The molecule has 0 saturated heterocycles. The summed E-state index contributed by atoms with van der Waals surface area (Å²) in [5, 5.41) is 20.6. The number of nitriles is 1. The summed E-state index contributed by atoms with van der Waals surface area (Å²) in [5.41, 5.74) is 6.34. The number of likely N-dealkylation sites (N-methyl/N-ethyl adjacent to an activating group) is 1. The number of carbonyl (C=O) groups excluding carboxylic acids is 1. The molecule has 1 aromatic carbocycles. The molecule has 0 aliphatic rings. The van der Waals surface area contributed by atoms with Crippen LogP contribution in [0.2, 0.25) is 5.02 Å². The van der Waals surface area contributed by atoms with Crippen LogP contribution in [0.5, 0.6) is 0 Å². The van der Waals surface area contributed by atoms with Crippen molar-refractivity contribution in [2.45, 2.75) is 0 Å². The molecule has 4 N–H and O–H groups in total. The van der Waals surface area contributed by atoms with Crippen molar-refractivity contribution in [1.29, 1.82) is 5.26 Å². The summed E-state index contributed by atoms with van der Waals surface area (Å²) in [7, 11) is 1.65. The highest BCUT2D eigenvalue weighted by molar-refractivity contribution is 6.33. The second-order valence-electron chi connectivity index (χ2n) is 4.05. The molecule has 0 heterocycles. The molecule has 1 rings (SSSR count). The van der Waals surface area contributed by atoms with E-state index >= 15 is 0 Å². The van der Waals surface area contributed by atoms with Gasteiger partial charge in [-0.1, -0.05) is 11.6 Å². The first-order chi connectivity index (χ1) is 9.47. The van der Waals surface area contributed by atoms with E-state index in [-0.39, 0.29) is 12.2 Å². The molecule has 0 saturated carbocycles. The summed E-state index contributed by atoms with van der Waals surface area (Å²) in [6.07, 6.45) is 1.37. The SMILES string of the molecule is CN(/C=C(/C#N)C(=O)Nc1ccc(N)c(Cl)c1)CCO. The molecule has 6 nitrogen and oxygen atoms in total. The molecule has 0 radical (unpaired) electrons. The molecular weight excluding hydrogens is 280 g/mol. The van der Waals surface area contributed by atoms with Crippen molar-refractivity contribution in [2.75, 3.05) is 31.2 Å². The summed E-state index contributed by atoms with van der Waals surface area (Å²) in [6.45, 7) is 0.257. The second-order valence-corrected chi connectivity index (χ2v) is 4.46. The zero-order valence-electron chi connectivity index (χ0n) is 10.9. The second kappa shape index (κ2) is 7.38. The van der Waals surface area contributed by atoms with Gasteiger partial charge in [0.05, 0.1) is 17.3 Å². The minimum Gasteiger partial charge on any atom is -0.398 e. The van der Waals surface area contributed by atoms with Crippen molar-refractivity contribution in [3.8, 4) is 6.07 Å². The molecule has 0 unspecified atom stereocenters. The Morgan fingerprint density at radius 3 is 2.90 bits per heavy atom. The maximum atomic E-state index is 11.9. The highest BCUT2D eigenvalue weighted by Crippen LogP contribution is 2.22. The van der Waals surface area contributed by atoms with Gasteiger partial charge < -0.3 is 21.1 Å². The molecule has 106 valence electrons. The first-order valence-electron chi connectivity index (χ1n) is 5.77. The number of rotatable bonds is 5. The van der Waals surface area contributed by atoms with Crippen LogP contribution < -0.4 is 11.1 Å². The molecule has 0 aliphatic heterocycles. The van der Waals surface area contributed by atoms with Gasteiger partial charge in [0, 0.05) is 25.5 Å². The first-order valence-corrected chi connectivity index (χ1v) is 6.15. The number of hydrogen-bond donors (Lipinski definition) is 3. The van der Waals surface area contributed by atoms with E-state index in [4.69, 9.17) is 27.7 Å². The van der Waals surface area contributed by atoms with Crippen LogP contribution in [0.25, 0.3) is 0 Å². The van der Waals surface area contributed by atoms with E-state index in [1.54, 1.807) is 30.1 Å². The van der Waals surface area contributed by atoms with Crippen LogP contribution in [0.1, 0.15) is 0 Å². The summed E-state index contributed by atoms with van der Waals surface area (Å²) in [5.74, 6) is -0.557. The van der Waals surface area contributed by atoms with E-state index < -0.39 is 5.91 Å². The Kier molecular flexibility index (Phi) is 5.84. The van der Waals surface area contributed by atoms with Crippen molar-refractivity contribution in [3.05, 3.63) is 35.0 Å². The predicted molar refractivity (Wildman–Crippen MR) is 77.9 cm³/mol. The van der Waals surface area contributed by atoms with Crippen molar-refractivity contribution < 1.29 is 9.90 Å². The number of aliphatic hydroxyl groups is 1. The highest BCUT2D eigenvalue weighted by Gasteiger charge is 2.11. The molecule has 7 heteroatoms. The Morgan fingerprint density at radius 2 is 2.35 bits per heavy atom. The first kappa shape index (κ1) is 15.8. The number of benzene rings is 1. The van der Waals surface area contributed by atoms with E-state index in [9.17, 15) is 4.79 Å². The molecule has 0 spiro atoms. The predicted octanol–water partition coefficient (Wildman–Crippen LogP) is 1.19. The fourth-order valence-corrected chi connectivity index (χ4v) is 1.56. The number of halogens is 1. The summed E-state index contributed by atoms with van der Waals surface area (Å²) >= 11 is 5.84. The number of carbonyl (C=O) groups is 1. The van der Waals surface area contributed by atoms with Crippen molar-refractivity contribution >= 4 is 28.9 Å². The average molecular weight is 295 g/mol. The zero-order valence-corrected chi connectivity index (χ0v) is 11.7. The molecule has 0 bridgehead atoms. The number of nitrogens with zero attached hydrogens (tertiary/aromatic N) is 2. The van der Waals surface area contributed by atoms with Crippen LogP contribution in [0.4, 0.5) is 11.4 Å². The fraction of sp³-hybridized carbons (Fsp3) is 0.231. The quantitative estimate of drug-likeness (QED) is 0.430. The molecule has 0 aromatic heterocycles. The Morgan fingerprint density at radius 1 is 1.65 bits per heavy atom. The smallest absolute Gasteiger partial charge is 0.267 e. The lowest BCUT2D eigenvalue weighted by Crippen LogP contribution is -2.20. The van der Waals surface area contributed by atoms with Gasteiger partial charge in [0.1, 0.15) is 11.6 Å². The monoisotopic (exact) mass is 294 g/mol. The number of nitrogens with two attached hydrogens (primary N) is 1. The van der Waals surface area contributed by atoms with Crippen LogP contribution in [0, 0.1) is 11.3 Å². The molecule has 20 heavy (non-hydrogen) atoms. The van der Waals surface area contributed by atoms with Crippen LogP contribution >= 0.6 is 11.6 Å². The molecule has 0 atom stereocenters. The van der Waals surface area contributed by atoms with Crippen LogP contribution in [0.3, 0.4) is 0 Å². The normalized spacial score (nSPS) is 10.8. The maximum Gasteiger partial charge on any atom is 0.267 e. The zero-order chi connectivity index (χ0) is 15.1. The van der Waals surface area contributed by atoms with Crippen LogP contribution in [0.15, 0.2) is 30.0 Å². The van der Waals surface area contributed by atoms with E-state index in [1.165, 1.54) is 12.3 Å². The fourth-order valence-electron chi connectivity index (χ4n) is 1.38. The molecular formula is C13H15ClN4O2. The Labute approximate surface area is 122 Å². The Hall–Kier alpha value is -2.23. The summed E-state index contributed by atoms with van der Waals surface area (Å²) in [6, 6.07) is 6.46. The largest absolute Gasteiger partial charge is 0.398 e. The van der Waals surface area contributed by atoms with Gasteiger partial charge in [0.2, 0.25) is 0 Å². The Bertz CT molecular complexity index is 566. The van der Waals surface area contributed by atoms with Gasteiger partial charge in [0.15, 0.2) is 0 Å². The molecule has 1 aromatic rings. The van der Waals surface area contributed by atoms with E-state index in [0.29, 0.717) is 22.9 Å². The topological polar surface area (TPSA) is 102 Å². The Balaban J connectivity index is 2.82. The number of nitrogens with one attached hydrogen (secondary N) is 1. The minimum absolute atomic E-state index is 0.0686. The third-order valence-corrected chi connectivity index (χ3v) is 2.75. The number of aliphatic hydroxyl groups excluding tert-OH is 1. The third-order valence-electron chi connectivity index (χ3n) is 2.43. The van der Waals surface area contributed by atoms with Gasteiger partial charge in [-0.05, 0) is 18.2 Å². The number of anilines is 2. The lowest BCUT2D eigenvalue weighted by molar-refractivity contribution is -0.112. The van der Waals surface area contributed by atoms with E-state index in [2.05, 4.69) is 5.32 Å². The van der Waals surface area contributed by atoms with Crippen molar-refractivity contribution in [3.63, 3.8) is 0 Å². The molecule has 0 fully saturated rings. The highest BCUT2D eigenvalue weighted by atomic mass is 35.5. The van der Waals surface area contributed by atoms with E-state index in [0.717, 1.165) is 0 Å². The third kappa shape index (κ3) is 4.46. The molecule has 1 amide bonds. The van der Waals surface area contributed by atoms with E-state index in [1.807, 2.05) is 0 Å². The van der Waals surface area contributed by atoms with Gasteiger partial charge in [-0.15, -0.1) is 0 Å². The maximum absolute atomic E-state index is 11.9. The van der Waals surface area contributed by atoms with Gasteiger partial charge in [-0.2, -0.15) is 5.26 Å². The van der Waals surface area contributed by atoms with Gasteiger partial charge in [0.25, 0.3) is 5.91 Å². The number of nitrogen functional groups attached to an aromatic ring is 1. The molecule has 0 aliphatic carbocycles. The lowest BCUT2D eigenvalue weighted by Gasteiger charge is -2.12. The van der Waals surface area contributed by atoms with Crippen molar-refractivity contribution in [1.82, 2.24) is 4.90 Å². The van der Waals surface area contributed by atoms with Gasteiger partial charge in [-0.3, -0.25) is 4.79 Å². The van der Waals surface area contributed by atoms with Gasteiger partial charge >= 0.3 is 0 Å². The number of hydrogen-bond acceptors (Lipinski definition) is 5. The average Bonchev–Trinajstić information content (AvgIpc) is 2.40. The lowest BCUT2D eigenvalue weighted by atomic mass is 10.2. The van der Waals surface area contributed by atoms with Crippen LogP contribution in [-0.4, -0.2) is 36.1 Å². The number of amides is 1. The summed E-state index contributed by atoms with van der Waals surface area (Å²) in [4.78, 5) is 13.5. The van der Waals surface area contributed by atoms with Crippen LogP contribution in [-0.2, 0) is 4.79 Å². The standard InChI is InChI=1S/C13H15ClN4O2/c1-18(4-5-19)8-9(7-15)13(20)17-10-2-3-12(16)11(14)6-10/h2-3,6,8,19H,4-5,16H2,1H3,(H,17,20)/b9-8-. The van der Waals surface area contributed by atoms with Crippen molar-refractivity contribution in [2.24, 2.45) is 0 Å². The minimum atomic E-state index is -0.557.